The molecule has 0 radical (unpaired) electrons. The van der Waals surface area contributed by atoms with Gasteiger partial charge in [0.1, 0.15) is 0 Å². The average molecular weight is 270 g/mol. The molecule has 0 aromatic heterocycles. The maximum atomic E-state index is 2.47. The van der Waals surface area contributed by atoms with Gasteiger partial charge >= 0.3 is 0 Å². The van der Waals surface area contributed by atoms with Gasteiger partial charge in [-0.2, -0.15) is 0 Å². The van der Waals surface area contributed by atoms with Gasteiger partial charge in [-0.25, -0.2) is 0 Å². The van der Waals surface area contributed by atoms with E-state index in [4.69, 9.17) is 0 Å². The minimum absolute atomic E-state index is 0.316. The number of fused-ring (bicyclic) bond motifs is 3. The fraction of sp³-hybridized carbons (Fsp3) is 0.700. The molecule has 2 atom stereocenters. The minimum atomic E-state index is 0.316. The Balaban J connectivity index is 2.08. The van der Waals surface area contributed by atoms with Crippen molar-refractivity contribution in [2.45, 2.75) is 79.1 Å². The highest BCUT2D eigenvalue weighted by atomic mass is 14.7. The summed E-state index contributed by atoms with van der Waals surface area (Å²) in [6.07, 6.45) is 2.47. The molecular formula is C20H30. The Labute approximate surface area is 125 Å². The number of hydrogen-bond donors (Lipinski definition) is 0. The van der Waals surface area contributed by atoms with Crippen molar-refractivity contribution < 1.29 is 0 Å². The number of benzene rings is 1. The first-order chi connectivity index (χ1) is 9.09. The van der Waals surface area contributed by atoms with Crippen LogP contribution in [0.15, 0.2) is 12.1 Å². The van der Waals surface area contributed by atoms with Crippen molar-refractivity contribution in [3.63, 3.8) is 0 Å². The topological polar surface area (TPSA) is 0 Å². The molecule has 0 N–H and O–H groups in total. The van der Waals surface area contributed by atoms with E-state index >= 15 is 0 Å². The van der Waals surface area contributed by atoms with Crippen LogP contribution in [0.25, 0.3) is 0 Å². The zero-order valence-electron chi connectivity index (χ0n) is 14.6. The Morgan fingerprint density at radius 1 is 0.750 bits per heavy atom. The molecule has 0 heteroatoms. The van der Waals surface area contributed by atoms with Crippen molar-refractivity contribution in [3.05, 3.63) is 34.4 Å². The Kier molecular flexibility index (Phi) is 2.49. The van der Waals surface area contributed by atoms with Gasteiger partial charge in [-0.05, 0) is 45.9 Å². The molecule has 1 aromatic carbocycles. The monoisotopic (exact) mass is 270 g/mol. The molecule has 0 amide bonds. The molecule has 2 aliphatic rings. The third kappa shape index (κ3) is 1.25. The van der Waals surface area contributed by atoms with E-state index in [0.29, 0.717) is 21.7 Å². The molecule has 0 fully saturated rings. The molecule has 2 aliphatic carbocycles. The van der Waals surface area contributed by atoms with Gasteiger partial charge in [0, 0.05) is 10.8 Å². The van der Waals surface area contributed by atoms with E-state index in [1.165, 1.54) is 12.8 Å². The molecule has 0 saturated heterocycles. The quantitative estimate of drug-likeness (QED) is 0.649. The van der Waals surface area contributed by atoms with Gasteiger partial charge in [0.15, 0.2) is 0 Å². The summed E-state index contributed by atoms with van der Waals surface area (Å²) in [5, 5.41) is 0. The van der Waals surface area contributed by atoms with Crippen molar-refractivity contribution in [2.75, 3.05) is 0 Å². The van der Waals surface area contributed by atoms with Crippen LogP contribution in [-0.2, 0) is 10.8 Å². The van der Waals surface area contributed by atoms with Crippen molar-refractivity contribution in [1.29, 1.82) is 0 Å². The first-order valence-corrected chi connectivity index (χ1v) is 8.28. The summed E-state index contributed by atoms with van der Waals surface area (Å²) in [6, 6.07) is 4.84. The maximum Gasteiger partial charge on any atom is 0.0234 e. The maximum absolute atomic E-state index is 2.47. The first kappa shape index (κ1) is 14.2. The van der Waals surface area contributed by atoms with E-state index in [9.17, 15) is 0 Å². The zero-order valence-corrected chi connectivity index (χ0v) is 14.6. The number of hydrogen-bond acceptors (Lipinski definition) is 0. The van der Waals surface area contributed by atoms with Gasteiger partial charge in [0.25, 0.3) is 0 Å². The third-order valence-corrected chi connectivity index (χ3v) is 7.63. The molecule has 110 valence electrons. The highest BCUT2D eigenvalue weighted by Gasteiger charge is 2.66. The average Bonchev–Trinajstić information content (AvgIpc) is 3.24. The van der Waals surface area contributed by atoms with Gasteiger partial charge in [0.05, 0.1) is 0 Å². The van der Waals surface area contributed by atoms with E-state index in [0.717, 1.165) is 0 Å². The van der Waals surface area contributed by atoms with Gasteiger partial charge in [-0.1, -0.05) is 67.5 Å². The van der Waals surface area contributed by atoms with Crippen LogP contribution in [0.2, 0.25) is 0 Å². The Bertz CT molecular complexity index is 537. The summed E-state index contributed by atoms with van der Waals surface area (Å²) in [6.45, 7) is 19.3. The lowest BCUT2D eigenvalue weighted by atomic mass is 9.69. The van der Waals surface area contributed by atoms with Crippen LogP contribution in [0.1, 0.15) is 90.5 Å². The second-order valence-corrected chi connectivity index (χ2v) is 8.64. The predicted octanol–water partition coefficient (Wildman–Crippen LogP) is 5.80. The first-order valence-electron chi connectivity index (χ1n) is 8.28. The second kappa shape index (κ2) is 3.51. The molecule has 0 aliphatic heterocycles. The molecule has 0 bridgehead atoms. The molecule has 3 rings (SSSR count). The smallest absolute Gasteiger partial charge is 0.0234 e. The molecule has 1 aromatic rings. The predicted molar refractivity (Wildman–Crippen MR) is 87.5 cm³/mol. The molecule has 0 nitrogen and oxygen atoms in total. The minimum Gasteiger partial charge on any atom is -0.0648 e. The molecule has 2 unspecified atom stereocenters. The highest BCUT2D eigenvalue weighted by Crippen LogP contribution is 2.73. The van der Waals surface area contributed by atoms with Crippen LogP contribution >= 0.6 is 0 Å². The van der Waals surface area contributed by atoms with Gasteiger partial charge < -0.3 is 0 Å². The van der Waals surface area contributed by atoms with Crippen molar-refractivity contribution in [2.24, 2.45) is 10.8 Å². The van der Waals surface area contributed by atoms with Crippen LogP contribution in [0.4, 0.5) is 0 Å². The van der Waals surface area contributed by atoms with Gasteiger partial charge in [0.2, 0.25) is 0 Å². The standard InChI is InChI=1S/C20H30/c1-9-17(3,4)19(7)13-11-12-14-16(15(13)19)20(14,8)18(5,6)10-2/h11-12H,9-10H2,1-8H3. The lowest BCUT2D eigenvalue weighted by Crippen LogP contribution is -2.29. The lowest BCUT2D eigenvalue weighted by molar-refractivity contribution is 0.243. The Morgan fingerprint density at radius 2 is 1.05 bits per heavy atom. The fourth-order valence-corrected chi connectivity index (χ4v) is 4.35. The van der Waals surface area contributed by atoms with Gasteiger partial charge in [-0.15, -0.1) is 0 Å². The van der Waals surface area contributed by atoms with Crippen molar-refractivity contribution in [1.82, 2.24) is 0 Å². The zero-order chi connectivity index (χ0) is 15.1. The normalized spacial score (nSPS) is 30.8. The van der Waals surface area contributed by atoms with E-state index in [2.05, 4.69) is 67.5 Å². The summed E-state index contributed by atoms with van der Waals surface area (Å²) < 4.78 is 0. The van der Waals surface area contributed by atoms with Crippen molar-refractivity contribution in [3.8, 4) is 0 Å². The van der Waals surface area contributed by atoms with E-state index in [1.54, 1.807) is 22.3 Å². The fourth-order valence-electron chi connectivity index (χ4n) is 4.35. The molecule has 0 heterocycles. The second-order valence-electron chi connectivity index (χ2n) is 8.64. The Morgan fingerprint density at radius 3 is 1.30 bits per heavy atom. The van der Waals surface area contributed by atoms with Crippen LogP contribution in [0, 0.1) is 10.8 Å². The SMILES string of the molecule is CCC(C)(C)C1(C)c2ccc3c(c21)C3(C)C(C)(C)CC. The lowest BCUT2D eigenvalue weighted by Gasteiger charge is -2.34. The number of rotatable bonds is 4. The van der Waals surface area contributed by atoms with Crippen LogP contribution in [-0.4, -0.2) is 0 Å². The molecule has 20 heavy (non-hydrogen) atoms. The van der Waals surface area contributed by atoms with E-state index in [1.807, 2.05) is 0 Å². The van der Waals surface area contributed by atoms with E-state index < -0.39 is 0 Å². The molecule has 0 spiro atoms. The van der Waals surface area contributed by atoms with Crippen LogP contribution in [0.5, 0.6) is 0 Å². The van der Waals surface area contributed by atoms with Crippen LogP contribution in [0.3, 0.4) is 0 Å². The summed E-state index contributed by atoms with van der Waals surface area (Å²) in [5.41, 5.74) is 8.01. The van der Waals surface area contributed by atoms with Crippen molar-refractivity contribution >= 4 is 0 Å². The molecule has 0 saturated carbocycles. The largest absolute Gasteiger partial charge is 0.0648 e. The summed E-state index contributed by atoms with van der Waals surface area (Å²) in [7, 11) is 0. The summed E-state index contributed by atoms with van der Waals surface area (Å²) in [4.78, 5) is 0. The van der Waals surface area contributed by atoms with Gasteiger partial charge in [-0.3, -0.25) is 0 Å². The highest BCUT2D eigenvalue weighted by molar-refractivity contribution is 5.78. The Hall–Kier alpha value is -0.780. The molecular weight excluding hydrogens is 240 g/mol. The third-order valence-electron chi connectivity index (χ3n) is 7.63. The van der Waals surface area contributed by atoms with Crippen LogP contribution < -0.4 is 0 Å². The van der Waals surface area contributed by atoms with E-state index in [-0.39, 0.29) is 0 Å². The summed E-state index contributed by atoms with van der Waals surface area (Å²) in [5.74, 6) is 0. The summed E-state index contributed by atoms with van der Waals surface area (Å²) >= 11 is 0.